The van der Waals surface area contributed by atoms with Crippen LogP contribution in [0.5, 0.6) is 0 Å². The summed E-state index contributed by atoms with van der Waals surface area (Å²) in [4.78, 5) is 34.3. The second-order valence-corrected chi connectivity index (χ2v) is 10.7. The van der Waals surface area contributed by atoms with Crippen LogP contribution >= 0.6 is 0 Å². The maximum Gasteiger partial charge on any atom is 0.228 e. The predicted octanol–water partition coefficient (Wildman–Crippen LogP) is 4.66. The van der Waals surface area contributed by atoms with Crippen molar-refractivity contribution in [3.63, 3.8) is 0 Å². The summed E-state index contributed by atoms with van der Waals surface area (Å²) in [5.41, 5.74) is 3.51. The molecule has 0 unspecified atom stereocenters. The molecular formula is C31H34FN7O3. The number of halogens is 1. The average Bonchev–Trinajstić information content (AvgIpc) is 3.45. The maximum atomic E-state index is 13.7. The van der Waals surface area contributed by atoms with Crippen LogP contribution < -0.4 is 10.6 Å². The van der Waals surface area contributed by atoms with Crippen LogP contribution in [0.2, 0.25) is 0 Å². The quantitative estimate of drug-likeness (QED) is 0.265. The van der Waals surface area contributed by atoms with Crippen molar-refractivity contribution in [3.8, 4) is 22.6 Å². The zero-order valence-electron chi connectivity index (χ0n) is 23.3. The molecule has 0 atom stereocenters. The zero-order chi connectivity index (χ0) is 28.7. The molecule has 2 aliphatic rings. The number of aromatic nitrogens is 5. The van der Waals surface area contributed by atoms with Crippen molar-refractivity contribution in [2.75, 3.05) is 18.5 Å². The van der Waals surface area contributed by atoms with Gasteiger partial charge in [0.2, 0.25) is 11.9 Å². The molecule has 6 rings (SSSR count). The number of hydrogen-bond acceptors (Lipinski definition) is 8. The summed E-state index contributed by atoms with van der Waals surface area (Å²) in [5, 5.41) is 6.37. The second-order valence-electron chi connectivity index (χ2n) is 10.7. The number of ether oxygens (including phenoxy) is 2. The molecule has 1 saturated heterocycles. The fraction of sp³-hybridized carbons (Fsp3) is 0.387. The number of amides is 1. The van der Waals surface area contributed by atoms with Crippen LogP contribution in [0.1, 0.15) is 43.6 Å². The molecule has 3 N–H and O–H groups in total. The molecule has 4 aromatic rings. The van der Waals surface area contributed by atoms with Crippen LogP contribution in [0, 0.1) is 11.7 Å². The zero-order valence-corrected chi connectivity index (χ0v) is 23.3. The average molecular weight is 572 g/mol. The van der Waals surface area contributed by atoms with Crippen molar-refractivity contribution in [2.24, 2.45) is 5.92 Å². The van der Waals surface area contributed by atoms with E-state index in [0.29, 0.717) is 55.0 Å². The van der Waals surface area contributed by atoms with Gasteiger partial charge in [-0.05, 0) is 55.3 Å². The van der Waals surface area contributed by atoms with Crippen LogP contribution in [0.15, 0.2) is 60.9 Å². The van der Waals surface area contributed by atoms with E-state index in [9.17, 15) is 9.18 Å². The van der Waals surface area contributed by atoms with Gasteiger partial charge in [0.05, 0.1) is 54.9 Å². The molecule has 218 valence electrons. The van der Waals surface area contributed by atoms with Gasteiger partial charge in [0, 0.05) is 24.0 Å². The minimum absolute atomic E-state index is 0.00421. The molecule has 0 radical (unpaired) electrons. The number of anilines is 1. The number of aromatic amines is 1. The van der Waals surface area contributed by atoms with E-state index >= 15 is 0 Å². The summed E-state index contributed by atoms with van der Waals surface area (Å²) in [5.74, 6) is 0.403. The third-order valence-electron chi connectivity index (χ3n) is 7.58. The second kappa shape index (κ2) is 13.2. The highest BCUT2D eigenvalue weighted by Crippen LogP contribution is 2.30. The van der Waals surface area contributed by atoms with Crippen LogP contribution in [-0.2, 0) is 27.2 Å². The first-order valence-corrected chi connectivity index (χ1v) is 14.5. The largest absolute Gasteiger partial charge is 0.353 e. The molecule has 1 aliphatic carbocycles. The van der Waals surface area contributed by atoms with E-state index in [1.165, 1.54) is 18.6 Å². The Labute approximate surface area is 243 Å². The standard InChI is InChI=1S/C31H34FN7O3/c32-22-11-9-20(10-12-22)28-29(25-13-15-34-31(37-25)35-17-24-8-4-5-14-33-24)39-26(38-28)16-27-41-18-21(19-42-27)30(40)36-23-6-2-1-3-7-23/h4-5,8-15,21,23,27H,1-3,6-7,16-19H2,(H,36,40)(H,38,39)(H,34,35,37). The number of H-pyrrole nitrogens is 1. The Morgan fingerprint density at radius 1 is 0.952 bits per heavy atom. The van der Waals surface area contributed by atoms with Crippen molar-refractivity contribution in [3.05, 3.63) is 78.3 Å². The summed E-state index contributed by atoms with van der Waals surface area (Å²) >= 11 is 0. The minimum atomic E-state index is -0.551. The van der Waals surface area contributed by atoms with E-state index in [1.54, 1.807) is 30.6 Å². The topological polar surface area (TPSA) is 127 Å². The SMILES string of the molecule is O=C(NC1CCCCC1)C1COC(Cc2nc(-c3ccc(F)cc3)c(-c3ccnc(NCc4ccccn4)n3)[nH]2)OC1. The first-order valence-electron chi connectivity index (χ1n) is 14.5. The Kier molecular flexibility index (Phi) is 8.76. The Morgan fingerprint density at radius 3 is 2.52 bits per heavy atom. The summed E-state index contributed by atoms with van der Waals surface area (Å²) in [7, 11) is 0. The summed E-state index contributed by atoms with van der Waals surface area (Å²) in [6.07, 6.45) is 8.84. The Bertz CT molecular complexity index is 1470. The lowest BCUT2D eigenvalue weighted by Crippen LogP contribution is -2.46. The van der Waals surface area contributed by atoms with Gasteiger partial charge in [0.1, 0.15) is 11.6 Å². The molecule has 3 aromatic heterocycles. The lowest BCUT2D eigenvalue weighted by molar-refractivity contribution is -0.201. The third kappa shape index (κ3) is 6.97. The van der Waals surface area contributed by atoms with Crippen LogP contribution in [0.3, 0.4) is 0 Å². The lowest BCUT2D eigenvalue weighted by Gasteiger charge is -2.30. The lowest BCUT2D eigenvalue weighted by atomic mass is 9.95. The van der Waals surface area contributed by atoms with E-state index in [0.717, 1.165) is 36.9 Å². The summed E-state index contributed by atoms with van der Waals surface area (Å²) in [6.45, 7) is 1.05. The normalized spacial score (nSPS) is 19.4. The number of benzene rings is 1. The van der Waals surface area contributed by atoms with Gasteiger partial charge in [-0.1, -0.05) is 25.3 Å². The Balaban J connectivity index is 1.15. The van der Waals surface area contributed by atoms with Crippen molar-refractivity contribution >= 4 is 11.9 Å². The smallest absolute Gasteiger partial charge is 0.228 e. The molecule has 1 amide bonds. The first-order chi connectivity index (χ1) is 20.6. The van der Waals surface area contributed by atoms with Crippen molar-refractivity contribution < 1.29 is 18.7 Å². The van der Waals surface area contributed by atoms with Gasteiger partial charge in [-0.15, -0.1) is 0 Å². The van der Waals surface area contributed by atoms with E-state index in [1.807, 2.05) is 18.2 Å². The van der Waals surface area contributed by atoms with Crippen molar-refractivity contribution in [1.82, 2.24) is 30.2 Å². The molecule has 2 fully saturated rings. The molecule has 4 heterocycles. The number of carbonyl (C=O) groups excluding carboxylic acids is 1. The van der Waals surface area contributed by atoms with Gasteiger partial charge in [0.25, 0.3) is 0 Å². The van der Waals surface area contributed by atoms with E-state index in [-0.39, 0.29) is 23.7 Å². The van der Waals surface area contributed by atoms with Gasteiger partial charge < -0.3 is 25.1 Å². The number of carbonyl (C=O) groups is 1. The first kappa shape index (κ1) is 27.9. The van der Waals surface area contributed by atoms with Gasteiger partial charge in [0.15, 0.2) is 6.29 Å². The van der Waals surface area contributed by atoms with Crippen LogP contribution in [0.4, 0.5) is 10.3 Å². The molecule has 0 bridgehead atoms. The summed E-state index contributed by atoms with van der Waals surface area (Å²) in [6, 6.07) is 13.9. The number of rotatable bonds is 9. The van der Waals surface area contributed by atoms with Gasteiger partial charge >= 0.3 is 0 Å². The monoisotopic (exact) mass is 571 g/mol. The van der Waals surface area contributed by atoms with Crippen LogP contribution in [-0.4, -0.2) is 56.4 Å². The Morgan fingerprint density at radius 2 is 1.76 bits per heavy atom. The number of nitrogens with zero attached hydrogens (tertiary/aromatic N) is 4. The molecule has 1 aliphatic heterocycles. The molecular weight excluding hydrogens is 537 g/mol. The minimum Gasteiger partial charge on any atom is -0.353 e. The molecule has 42 heavy (non-hydrogen) atoms. The van der Waals surface area contributed by atoms with Crippen molar-refractivity contribution in [1.29, 1.82) is 0 Å². The highest BCUT2D eigenvalue weighted by molar-refractivity contribution is 5.79. The number of hydrogen-bond donors (Lipinski definition) is 3. The highest BCUT2D eigenvalue weighted by Gasteiger charge is 2.30. The van der Waals surface area contributed by atoms with Gasteiger partial charge in [-0.3, -0.25) is 9.78 Å². The number of imidazole rings is 1. The maximum absolute atomic E-state index is 13.7. The fourth-order valence-corrected chi connectivity index (χ4v) is 5.31. The molecule has 0 spiro atoms. The predicted molar refractivity (Wildman–Crippen MR) is 154 cm³/mol. The number of nitrogens with one attached hydrogen (secondary N) is 3. The molecule has 1 saturated carbocycles. The fourth-order valence-electron chi connectivity index (χ4n) is 5.31. The van der Waals surface area contributed by atoms with Gasteiger partial charge in [-0.25, -0.2) is 19.3 Å². The summed E-state index contributed by atoms with van der Waals surface area (Å²) < 4.78 is 25.6. The highest BCUT2D eigenvalue weighted by atomic mass is 19.1. The number of pyridine rings is 1. The third-order valence-corrected chi connectivity index (χ3v) is 7.58. The van der Waals surface area contributed by atoms with Crippen molar-refractivity contribution in [2.45, 2.75) is 57.4 Å². The van der Waals surface area contributed by atoms with E-state index in [4.69, 9.17) is 19.4 Å². The molecule has 1 aromatic carbocycles. The van der Waals surface area contributed by atoms with E-state index < -0.39 is 6.29 Å². The molecule has 11 heteroatoms. The van der Waals surface area contributed by atoms with E-state index in [2.05, 4.69) is 25.6 Å². The van der Waals surface area contributed by atoms with Crippen LogP contribution in [0.25, 0.3) is 22.6 Å². The van der Waals surface area contributed by atoms with Gasteiger partial charge in [-0.2, -0.15) is 0 Å². The molecule has 10 nitrogen and oxygen atoms in total. The Hall–Kier alpha value is -4.22.